The van der Waals surface area contributed by atoms with Gasteiger partial charge in [-0.05, 0) is 0 Å². The first kappa shape index (κ1) is 10.9. The number of hydrogen-bond acceptors (Lipinski definition) is 4. The van der Waals surface area contributed by atoms with Gasteiger partial charge < -0.3 is 16.8 Å². The van der Waals surface area contributed by atoms with Gasteiger partial charge in [0.2, 0.25) is 11.8 Å². The zero-order valence-corrected chi connectivity index (χ0v) is 8.03. The Morgan fingerprint density at radius 1 is 1.29 bits per heavy atom. The largest absolute Gasteiger partial charge is 0.370 e. The van der Waals surface area contributed by atoms with Gasteiger partial charge in [0, 0.05) is 26.2 Å². The van der Waals surface area contributed by atoms with Crippen LogP contribution >= 0.6 is 0 Å². The van der Waals surface area contributed by atoms with Crippen LogP contribution in [0.2, 0.25) is 0 Å². The van der Waals surface area contributed by atoms with Crippen molar-refractivity contribution >= 4 is 11.8 Å². The van der Waals surface area contributed by atoms with Gasteiger partial charge in [-0.1, -0.05) is 0 Å². The molecule has 0 radical (unpaired) electrons. The van der Waals surface area contributed by atoms with Crippen LogP contribution in [-0.4, -0.2) is 48.9 Å². The minimum absolute atomic E-state index is 0.00926. The van der Waals surface area contributed by atoms with Crippen LogP contribution in [0.5, 0.6) is 0 Å². The molecule has 1 rings (SSSR count). The van der Waals surface area contributed by atoms with Gasteiger partial charge in [0.05, 0.1) is 12.5 Å². The van der Waals surface area contributed by atoms with Crippen molar-refractivity contribution in [2.75, 3.05) is 26.2 Å². The van der Waals surface area contributed by atoms with E-state index in [2.05, 4.69) is 5.32 Å². The number of rotatable bonds is 4. The van der Waals surface area contributed by atoms with Crippen molar-refractivity contribution in [2.24, 2.45) is 11.5 Å². The fourth-order valence-electron chi connectivity index (χ4n) is 1.59. The lowest BCUT2D eigenvalue weighted by atomic mass is 10.1. The molecule has 0 aromatic carbocycles. The van der Waals surface area contributed by atoms with E-state index in [-0.39, 0.29) is 6.42 Å². The Morgan fingerprint density at radius 3 is 2.29 bits per heavy atom. The average Bonchev–Trinajstić information content (AvgIpc) is 2.15. The molecule has 2 amide bonds. The minimum Gasteiger partial charge on any atom is -0.370 e. The first-order valence-electron chi connectivity index (χ1n) is 4.63. The van der Waals surface area contributed by atoms with Crippen LogP contribution < -0.4 is 16.8 Å². The highest BCUT2D eigenvalue weighted by molar-refractivity contribution is 5.86. The SMILES string of the molecule is NC(=O)CC(C(N)=O)N1CCNCC1. The van der Waals surface area contributed by atoms with Gasteiger partial charge in [0.25, 0.3) is 0 Å². The van der Waals surface area contributed by atoms with Gasteiger partial charge >= 0.3 is 0 Å². The van der Waals surface area contributed by atoms with Gasteiger partial charge in [-0.2, -0.15) is 0 Å². The summed E-state index contributed by atoms with van der Waals surface area (Å²) in [7, 11) is 0. The maximum absolute atomic E-state index is 11.1. The maximum Gasteiger partial charge on any atom is 0.235 e. The molecular weight excluding hydrogens is 184 g/mol. The number of carbonyl (C=O) groups excluding carboxylic acids is 2. The quantitative estimate of drug-likeness (QED) is 0.471. The van der Waals surface area contributed by atoms with E-state index in [4.69, 9.17) is 11.5 Å². The highest BCUT2D eigenvalue weighted by Crippen LogP contribution is 2.04. The molecule has 0 bridgehead atoms. The van der Waals surface area contributed by atoms with Crippen LogP contribution in [-0.2, 0) is 9.59 Å². The van der Waals surface area contributed by atoms with Crippen molar-refractivity contribution in [2.45, 2.75) is 12.5 Å². The molecule has 1 atom stereocenters. The topological polar surface area (TPSA) is 101 Å². The van der Waals surface area contributed by atoms with Gasteiger partial charge in [-0.25, -0.2) is 0 Å². The molecule has 1 aliphatic heterocycles. The van der Waals surface area contributed by atoms with Crippen molar-refractivity contribution in [1.82, 2.24) is 10.2 Å². The Bertz CT molecular complexity index is 225. The van der Waals surface area contributed by atoms with Gasteiger partial charge in [0.15, 0.2) is 0 Å². The van der Waals surface area contributed by atoms with Crippen LogP contribution in [0.4, 0.5) is 0 Å². The number of piperazine rings is 1. The van der Waals surface area contributed by atoms with Crippen LogP contribution in [0.25, 0.3) is 0 Å². The molecule has 1 heterocycles. The summed E-state index contributed by atoms with van der Waals surface area (Å²) in [6, 6.07) is -0.547. The zero-order chi connectivity index (χ0) is 10.6. The molecule has 1 saturated heterocycles. The summed E-state index contributed by atoms with van der Waals surface area (Å²) in [5.74, 6) is -0.974. The van der Waals surface area contributed by atoms with Crippen LogP contribution in [0.15, 0.2) is 0 Å². The van der Waals surface area contributed by atoms with E-state index in [1.165, 1.54) is 0 Å². The second kappa shape index (κ2) is 4.92. The molecule has 6 heteroatoms. The summed E-state index contributed by atoms with van der Waals surface area (Å²) in [5.41, 5.74) is 10.3. The number of nitrogens with one attached hydrogen (secondary N) is 1. The van der Waals surface area contributed by atoms with E-state index in [9.17, 15) is 9.59 Å². The van der Waals surface area contributed by atoms with Crippen molar-refractivity contribution in [1.29, 1.82) is 0 Å². The molecule has 1 aliphatic rings. The number of primary amides is 2. The second-order valence-corrected chi connectivity index (χ2v) is 3.37. The molecule has 0 aromatic rings. The van der Waals surface area contributed by atoms with Gasteiger partial charge in [-0.15, -0.1) is 0 Å². The third-order valence-corrected chi connectivity index (χ3v) is 2.32. The normalized spacial score (nSPS) is 20.3. The number of amides is 2. The first-order chi connectivity index (χ1) is 6.61. The Balaban J connectivity index is 2.56. The summed E-state index contributed by atoms with van der Waals surface area (Å²) < 4.78 is 0. The van der Waals surface area contributed by atoms with Crippen LogP contribution in [0.3, 0.4) is 0 Å². The zero-order valence-electron chi connectivity index (χ0n) is 8.03. The Hall–Kier alpha value is -1.14. The smallest absolute Gasteiger partial charge is 0.235 e. The maximum atomic E-state index is 11.1. The third kappa shape index (κ3) is 2.97. The summed E-state index contributed by atoms with van der Waals surface area (Å²) >= 11 is 0. The van der Waals surface area contributed by atoms with Crippen molar-refractivity contribution in [3.63, 3.8) is 0 Å². The van der Waals surface area contributed by atoms with E-state index in [1.807, 2.05) is 4.90 Å². The number of hydrogen-bond donors (Lipinski definition) is 3. The summed E-state index contributed by atoms with van der Waals surface area (Å²) in [6.45, 7) is 3.06. The molecule has 0 aromatic heterocycles. The van der Waals surface area contributed by atoms with Crippen molar-refractivity contribution < 1.29 is 9.59 Å². The molecule has 80 valence electrons. The fourth-order valence-corrected chi connectivity index (χ4v) is 1.59. The van der Waals surface area contributed by atoms with E-state index in [1.54, 1.807) is 0 Å². The molecule has 5 N–H and O–H groups in total. The lowest BCUT2D eigenvalue weighted by Crippen LogP contribution is -2.54. The van der Waals surface area contributed by atoms with E-state index < -0.39 is 17.9 Å². The predicted octanol–water partition coefficient (Wildman–Crippen LogP) is -2.38. The van der Waals surface area contributed by atoms with Crippen molar-refractivity contribution in [3.05, 3.63) is 0 Å². The molecule has 1 unspecified atom stereocenters. The first-order valence-corrected chi connectivity index (χ1v) is 4.63. The van der Waals surface area contributed by atoms with Crippen LogP contribution in [0.1, 0.15) is 6.42 Å². The molecule has 14 heavy (non-hydrogen) atoms. The lowest BCUT2D eigenvalue weighted by Gasteiger charge is -2.32. The molecule has 0 spiro atoms. The Labute approximate surface area is 82.6 Å². The minimum atomic E-state index is -0.547. The molecule has 1 fully saturated rings. The van der Waals surface area contributed by atoms with Gasteiger partial charge in [-0.3, -0.25) is 14.5 Å². The molecule has 6 nitrogen and oxygen atoms in total. The molecule has 0 saturated carbocycles. The lowest BCUT2D eigenvalue weighted by molar-refractivity contribution is -0.128. The average molecular weight is 200 g/mol. The predicted molar refractivity (Wildman–Crippen MR) is 51.2 cm³/mol. The number of nitrogens with two attached hydrogens (primary N) is 2. The Morgan fingerprint density at radius 2 is 1.86 bits per heavy atom. The Kier molecular flexibility index (Phi) is 3.84. The number of nitrogens with zero attached hydrogens (tertiary/aromatic N) is 1. The monoisotopic (exact) mass is 200 g/mol. The van der Waals surface area contributed by atoms with E-state index in [0.29, 0.717) is 0 Å². The van der Waals surface area contributed by atoms with Crippen molar-refractivity contribution in [3.8, 4) is 0 Å². The summed E-state index contributed by atoms with van der Waals surface area (Å²) in [5, 5.41) is 3.15. The summed E-state index contributed by atoms with van der Waals surface area (Å²) in [6.07, 6.45) is 0.00926. The third-order valence-electron chi connectivity index (χ3n) is 2.32. The van der Waals surface area contributed by atoms with E-state index in [0.717, 1.165) is 26.2 Å². The second-order valence-electron chi connectivity index (χ2n) is 3.37. The molecule has 0 aliphatic carbocycles. The highest BCUT2D eigenvalue weighted by atomic mass is 16.2. The van der Waals surface area contributed by atoms with E-state index >= 15 is 0 Å². The van der Waals surface area contributed by atoms with Gasteiger partial charge in [0.1, 0.15) is 0 Å². The van der Waals surface area contributed by atoms with Crippen LogP contribution in [0, 0.1) is 0 Å². The number of carbonyl (C=O) groups is 2. The standard InChI is InChI=1S/C8H16N4O2/c9-7(13)5-6(8(10)14)12-3-1-11-2-4-12/h6,11H,1-5H2,(H2,9,13)(H2,10,14). The summed E-state index contributed by atoms with van der Waals surface area (Å²) in [4.78, 5) is 23.7. The highest BCUT2D eigenvalue weighted by Gasteiger charge is 2.26. The molecular formula is C8H16N4O2. The fraction of sp³-hybridized carbons (Fsp3) is 0.750.